The van der Waals surface area contributed by atoms with Crippen molar-refractivity contribution in [1.82, 2.24) is 0 Å². The predicted molar refractivity (Wildman–Crippen MR) is 68.3 cm³/mol. The first-order valence-electron chi connectivity index (χ1n) is 8.15. The number of rotatable bonds is 1. The molecule has 17 heavy (non-hydrogen) atoms. The monoisotopic (exact) mass is 232 g/mol. The molecule has 2 aliphatic carbocycles. The lowest BCUT2D eigenvalue weighted by Crippen LogP contribution is -2.27. The second kappa shape index (κ2) is 3.73. The van der Waals surface area contributed by atoms with Gasteiger partial charge in [0.05, 0.1) is 5.89 Å². The van der Waals surface area contributed by atoms with E-state index in [-0.39, 0.29) is 12.0 Å². The van der Waals surface area contributed by atoms with Crippen LogP contribution in [0.4, 0.5) is 0 Å². The molecule has 2 N–H and O–H groups in total. The van der Waals surface area contributed by atoms with E-state index in [0.29, 0.717) is 11.1 Å². The molecule has 2 nitrogen and oxygen atoms in total. The predicted octanol–water partition coefficient (Wildman–Crippen LogP) is 2.59. The highest BCUT2D eigenvalue weighted by Gasteiger charge is 2.32. The summed E-state index contributed by atoms with van der Waals surface area (Å²) in [5.41, 5.74) is 8.16. The van der Waals surface area contributed by atoms with Crippen LogP contribution in [0.1, 0.15) is 42.7 Å². The highest BCUT2D eigenvalue weighted by Crippen LogP contribution is 2.44. The van der Waals surface area contributed by atoms with Crippen LogP contribution in [-0.4, -0.2) is 5.91 Å². The fourth-order valence-electron chi connectivity index (χ4n) is 2.48. The molecule has 0 bridgehead atoms. The van der Waals surface area contributed by atoms with E-state index in [0.717, 1.165) is 11.1 Å². The van der Waals surface area contributed by atoms with Crippen molar-refractivity contribution in [2.45, 2.75) is 32.5 Å². The Morgan fingerprint density at radius 1 is 1.59 bits per heavy atom. The third kappa shape index (κ3) is 1.59. The molecule has 0 radical (unpaired) electrons. The molecule has 1 amide bonds. The lowest BCUT2D eigenvalue weighted by atomic mass is 9.82. The number of carbonyl (C=O) groups excluding carboxylic acids is 1. The highest BCUT2D eigenvalue weighted by atomic mass is 16.1. The molecule has 2 heteroatoms. The topological polar surface area (TPSA) is 43.1 Å². The summed E-state index contributed by atoms with van der Waals surface area (Å²) in [6, 6.07) is 5.52. The SMILES string of the molecule is [2H]C1(C(N)=O)CC([2H])([2H])C([2H])([2H])C2=C1Cc1ccc(C)cc12. The standard InChI is InChI=1S/C15H17NO/c1-9-5-6-10-8-14-11(13(10)7-9)3-2-4-12(14)15(16)17/h5-7,12H,2-4,8H2,1H3,(H2,16,17)/i2D2,3D2,12D. The summed E-state index contributed by atoms with van der Waals surface area (Å²) in [5, 5.41) is 0. The Hall–Kier alpha value is -1.57. The highest BCUT2D eigenvalue weighted by molar-refractivity contribution is 5.87. The third-order valence-corrected chi connectivity index (χ3v) is 3.34. The number of hydrogen-bond acceptors (Lipinski definition) is 1. The average Bonchev–Trinajstić information content (AvgIpc) is 2.76. The van der Waals surface area contributed by atoms with Gasteiger partial charge in [-0.05, 0) is 54.8 Å². The fourth-order valence-corrected chi connectivity index (χ4v) is 2.48. The van der Waals surface area contributed by atoms with E-state index in [2.05, 4.69) is 0 Å². The summed E-state index contributed by atoms with van der Waals surface area (Å²) in [6.45, 7) is 1.87. The van der Waals surface area contributed by atoms with Crippen molar-refractivity contribution in [1.29, 1.82) is 0 Å². The van der Waals surface area contributed by atoms with Crippen molar-refractivity contribution in [2.75, 3.05) is 0 Å². The smallest absolute Gasteiger partial charge is 0.224 e. The van der Waals surface area contributed by atoms with Crippen LogP contribution in [0.2, 0.25) is 0 Å². The third-order valence-electron chi connectivity index (χ3n) is 3.34. The van der Waals surface area contributed by atoms with Gasteiger partial charge in [-0.2, -0.15) is 0 Å². The van der Waals surface area contributed by atoms with Gasteiger partial charge in [0.1, 0.15) is 0 Å². The van der Waals surface area contributed by atoms with Gasteiger partial charge >= 0.3 is 0 Å². The molecule has 0 saturated heterocycles. The number of benzene rings is 1. The molecular weight excluding hydrogens is 210 g/mol. The molecule has 2 aliphatic rings. The van der Waals surface area contributed by atoms with E-state index < -0.39 is 31.0 Å². The van der Waals surface area contributed by atoms with Gasteiger partial charge in [-0.1, -0.05) is 23.8 Å². The summed E-state index contributed by atoms with van der Waals surface area (Å²) in [4.78, 5) is 11.8. The molecule has 0 spiro atoms. The van der Waals surface area contributed by atoms with Gasteiger partial charge in [0.15, 0.2) is 0 Å². The zero-order chi connectivity index (χ0) is 16.5. The van der Waals surface area contributed by atoms with E-state index in [4.69, 9.17) is 12.6 Å². The minimum absolute atomic E-state index is 0.135. The molecule has 1 aromatic rings. The van der Waals surface area contributed by atoms with Gasteiger partial charge in [0.2, 0.25) is 5.91 Å². The second-order valence-electron chi connectivity index (χ2n) is 4.51. The first-order chi connectivity index (χ1) is 10.0. The largest absolute Gasteiger partial charge is 0.369 e. The number of aryl methyl sites for hydroxylation is 1. The zero-order valence-electron chi connectivity index (χ0n) is 14.6. The molecule has 88 valence electrons. The Kier molecular flexibility index (Phi) is 1.40. The minimum atomic E-state index is -2.34. The second-order valence-corrected chi connectivity index (χ2v) is 4.51. The molecular formula is C15H17NO. The van der Waals surface area contributed by atoms with Gasteiger partial charge in [-0.25, -0.2) is 0 Å². The maximum Gasteiger partial charge on any atom is 0.224 e. The summed E-state index contributed by atoms with van der Waals surface area (Å²) in [6.07, 6.45) is -4.89. The number of nitrogens with two attached hydrogens (primary N) is 1. The molecule has 3 rings (SSSR count). The van der Waals surface area contributed by atoms with E-state index >= 15 is 0 Å². The van der Waals surface area contributed by atoms with Crippen molar-refractivity contribution < 1.29 is 11.6 Å². The maximum atomic E-state index is 11.8. The maximum absolute atomic E-state index is 11.8. The summed E-state index contributed by atoms with van der Waals surface area (Å²) < 4.78 is 41.1. The van der Waals surface area contributed by atoms with Crippen LogP contribution in [-0.2, 0) is 11.2 Å². The Bertz CT molecular complexity index is 725. The normalized spacial score (nSPS) is 36.9. The van der Waals surface area contributed by atoms with Crippen LogP contribution in [0.15, 0.2) is 23.8 Å². The first kappa shape index (κ1) is 6.39. The molecule has 0 heterocycles. The minimum Gasteiger partial charge on any atom is -0.369 e. The van der Waals surface area contributed by atoms with Crippen LogP contribution < -0.4 is 5.73 Å². The number of fused-ring (bicyclic) bond motifs is 2. The molecule has 0 saturated carbocycles. The van der Waals surface area contributed by atoms with Crippen LogP contribution in [0.3, 0.4) is 0 Å². The van der Waals surface area contributed by atoms with Crippen molar-refractivity contribution in [3.05, 3.63) is 40.5 Å². The van der Waals surface area contributed by atoms with Crippen LogP contribution in [0, 0.1) is 12.8 Å². The summed E-state index contributed by atoms with van der Waals surface area (Å²) >= 11 is 0. The summed E-state index contributed by atoms with van der Waals surface area (Å²) in [5.74, 6) is -2.83. The van der Waals surface area contributed by atoms with Crippen LogP contribution in [0.25, 0.3) is 5.57 Å². The average molecular weight is 232 g/mol. The van der Waals surface area contributed by atoms with Crippen molar-refractivity contribution >= 4 is 11.5 Å². The van der Waals surface area contributed by atoms with Crippen molar-refractivity contribution in [3.63, 3.8) is 0 Å². The van der Waals surface area contributed by atoms with E-state index in [1.54, 1.807) is 6.07 Å². The number of allylic oxidation sites excluding steroid dienone is 1. The Morgan fingerprint density at radius 2 is 2.41 bits per heavy atom. The Balaban J connectivity index is 2.34. The van der Waals surface area contributed by atoms with Crippen molar-refractivity contribution in [3.8, 4) is 0 Å². The van der Waals surface area contributed by atoms with E-state index in [1.807, 2.05) is 19.1 Å². The quantitative estimate of drug-likeness (QED) is 0.794. The lowest BCUT2D eigenvalue weighted by Gasteiger charge is -2.22. The van der Waals surface area contributed by atoms with Crippen molar-refractivity contribution in [2.24, 2.45) is 11.6 Å². The van der Waals surface area contributed by atoms with Gasteiger partial charge in [-0.3, -0.25) is 4.79 Å². The van der Waals surface area contributed by atoms with Gasteiger partial charge in [0.25, 0.3) is 0 Å². The zero-order valence-corrected chi connectivity index (χ0v) is 9.63. The number of carbonyl (C=O) groups is 1. The summed E-state index contributed by atoms with van der Waals surface area (Å²) in [7, 11) is 0. The Morgan fingerprint density at radius 3 is 3.18 bits per heavy atom. The van der Waals surface area contributed by atoms with E-state index in [1.165, 1.54) is 0 Å². The molecule has 1 atom stereocenters. The first-order valence-corrected chi connectivity index (χ1v) is 5.65. The fraction of sp³-hybridized carbons (Fsp3) is 0.400. The number of amides is 1. The number of hydrogen-bond donors (Lipinski definition) is 1. The van der Waals surface area contributed by atoms with Crippen LogP contribution in [0.5, 0.6) is 0 Å². The Labute approximate surface area is 109 Å². The lowest BCUT2D eigenvalue weighted by molar-refractivity contribution is -0.121. The van der Waals surface area contributed by atoms with E-state index in [9.17, 15) is 4.79 Å². The molecule has 0 fully saturated rings. The van der Waals surface area contributed by atoms with Gasteiger partial charge in [0, 0.05) is 6.85 Å². The molecule has 1 unspecified atom stereocenters. The van der Waals surface area contributed by atoms with Crippen LogP contribution >= 0.6 is 0 Å². The van der Waals surface area contributed by atoms with Gasteiger partial charge < -0.3 is 5.73 Å². The number of primary amides is 1. The molecule has 0 aliphatic heterocycles. The van der Waals surface area contributed by atoms with Gasteiger partial charge in [-0.15, -0.1) is 0 Å². The molecule has 1 aromatic carbocycles. The molecule has 0 aromatic heterocycles.